The van der Waals surface area contributed by atoms with E-state index >= 15 is 0 Å². The van der Waals surface area contributed by atoms with Crippen LogP contribution >= 0.6 is 23.2 Å². The van der Waals surface area contributed by atoms with Gasteiger partial charge in [0.1, 0.15) is 12.0 Å². The first-order valence-electron chi connectivity index (χ1n) is 7.63. The minimum Gasteiger partial charge on any atom is -0.386 e. The van der Waals surface area contributed by atoms with Gasteiger partial charge in [0.2, 0.25) is 0 Å². The summed E-state index contributed by atoms with van der Waals surface area (Å²) in [6.45, 7) is 0.0406. The standard InChI is InChI=1S/C18H13Cl2N3O2/c19-11-5-6-14(20)13(7-11)16(24)9-22-17-8-21-10-23(17)15-4-2-1-3-12(15)18(22)25/h1-8,10,16,24H,9H2. The predicted octanol–water partition coefficient (Wildman–Crippen LogP) is 3.69. The Hall–Kier alpha value is -2.34. The predicted molar refractivity (Wildman–Crippen MR) is 98.4 cm³/mol. The van der Waals surface area contributed by atoms with Gasteiger partial charge in [0.05, 0.1) is 29.7 Å². The van der Waals surface area contributed by atoms with Crippen LogP contribution < -0.4 is 5.56 Å². The highest BCUT2D eigenvalue weighted by Crippen LogP contribution is 2.27. The van der Waals surface area contributed by atoms with E-state index in [1.165, 1.54) is 4.57 Å². The number of aliphatic hydroxyl groups excluding tert-OH is 1. The molecule has 0 saturated carbocycles. The zero-order valence-electron chi connectivity index (χ0n) is 12.9. The van der Waals surface area contributed by atoms with Gasteiger partial charge in [0, 0.05) is 15.6 Å². The highest BCUT2D eigenvalue weighted by molar-refractivity contribution is 6.33. The third kappa shape index (κ3) is 2.70. The van der Waals surface area contributed by atoms with E-state index < -0.39 is 6.10 Å². The molecule has 7 heteroatoms. The van der Waals surface area contributed by atoms with Crippen LogP contribution in [0.25, 0.3) is 16.6 Å². The van der Waals surface area contributed by atoms with Crippen molar-refractivity contribution in [2.75, 3.05) is 0 Å². The zero-order valence-corrected chi connectivity index (χ0v) is 14.4. The second-order valence-electron chi connectivity index (χ2n) is 5.74. The lowest BCUT2D eigenvalue weighted by Crippen LogP contribution is -2.25. The Morgan fingerprint density at radius 3 is 2.80 bits per heavy atom. The molecule has 126 valence electrons. The van der Waals surface area contributed by atoms with Crippen molar-refractivity contribution in [3.8, 4) is 0 Å². The summed E-state index contributed by atoms with van der Waals surface area (Å²) in [5, 5.41) is 12.1. The smallest absolute Gasteiger partial charge is 0.261 e. The van der Waals surface area contributed by atoms with Crippen molar-refractivity contribution in [1.82, 2.24) is 14.0 Å². The molecular formula is C18H13Cl2N3O2. The number of halogens is 2. The largest absolute Gasteiger partial charge is 0.386 e. The Balaban J connectivity index is 1.88. The third-order valence-corrected chi connectivity index (χ3v) is 4.79. The number of hydrogen-bond donors (Lipinski definition) is 1. The number of imidazole rings is 1. The molecule has 0 radical (unpaired) electrons. The van der Waals surface area contributed by atoms with E-state index in [0.717, 1.165) is 5.52 Å². The van der Waals surface area contributed by atoms with E-state index in [9.17, 15) is 9.90 Å². The summed E-state index contributed by atoms with van der Waals surface area (Å²) < 4.78 is 3.32. The SMILES string of the molecule is O=c1c2ccccc2n2cncc2n1CC(O)c1cc(Cl)ccc1Cl. The monoisotopic (exact) mass is 373 g/mol. The van der Waals surface area contributed by atoms with E-state index in [1.807, 2.05) is 16.5 Å². The minimum absolute atomic E-state index is 0.0406. The van der Waals surface area contributed by atoms with Crippen molar-refractivity contribution >= 4 is 39.8 Å². The Morgan fingerprint density at radius 2 is 1.96 bits per heavy atom. The van der Waals surface area contributed by atoms with E-state index in [1.54, 1.807) is 42.9 Å². The highest BCUT2D eigenvalue weighted by atomic mass is 35.5. The second kappa shape index (κ2) is 6.19. The molecule has 0 aliphatic carbocycles. The van der Waals surface area contributed by atoms with Crippen molar-refractivity contribution in [3.05, 3.63) is 81.0 Å². The molecule has 0 saturated heterocycles. The summed E-state index contributed by atoms with van der Waals surface area (Å²) in [6, 6.07) is 12.2. The molecule has 0 spiro atoms. The summed E-state index contributed by atoms with van der Waals surface area (Å²) in [5.74, 6) is 0. The molecule has 0 amide bonds. The Kier molecular flexibility index (Phi) is 4.00. The van der Waals surface area contributed by atoms with E-state index in [2.05, 4.69) is 4.98 Å². The molecule has 0 fully saturated rings. The number of fused-ring (bicyclic) bond motifs is 3. The quantitative estimate of drug-likeness (QED) is 0.595. The van der Waals surface area contributed by atoms with E-state index in [-0.39, 0.29) is 12.1 Å². The first-order chi connectivity index (χ1) is 12.1. The van der Waals surface area contributed by atoms with Crippen LogP contribution in [0.5, 0.6) is 0 Å². The Labute approximate surface area is 152 Å². The maximum absolute atomic E-state index is 12.9. The molecular weight excluding hydrogens is 361 g/mol. The second-order valence-corrected chi connectivity index (χ2v) is 6.58. The topological polar surface area (TPSA) is 59.5 Å². The van der Waals surface area contributed by atoms with Crippen molar-refractivity contribution in [2.24, 2.45) is 0 Å². The van der Waals surface area contributed by atoms with Crippen LogP contribution in [0.15, 0.2) is 59.8 Å². The van der Waals surface area contributed by atoms with Gasteiger partial charge < -0.3 is 5.11 Å². The summed E-state index contributed by atoms with van der Waals surface area (Å²) in [5.41, 5.74) is 1.65. The van der Waals surface area contributed by atoms with Crippen LogP contribution in [0.3, 0.4) is 0 Å². The van der Waals surface area contributed by atoms with Crippen LogP contribution in [-0.2, 0) is 6.54 Å². The molecule has 4 rings (SSSR count). The van der Waals surface area contributed by atoms with Crippen LogP contribution in [-0.4, -0.2) is 19.1 Å². The van der Waals surface area contributed by atoms with Crippen LogP contribution in [0.2, 0.25) is 10.0 Å². The summed E-state index contributed by atoms with van der Waals surface area (Å²) in [6.07, 6.45) is 2.26. The summed E-state index contributed by atoms with van der Waals surface area (Å²) in [4.78, 5) is 17.1. The minimum atomic E-state index is -0.983. The lowest BCUT2D eigenvalue weighted by molar-refractivity contribution is 0.156. The van der Waals surface area contributed by atoms with Crippen molar-refractivity contribution in [3.63, 3.8) is 0 Å². The fourth-order valence-electron chi connectivity index (χ4n) is 3.01. The van der Waals surface area contributed by atoms with E-state index in [4.69, 9.17) is 23.2 Å². The maximum atomic E-state index is 12.9. The molecule has 1 unspecified atom stereocenters. The average molecular weight is 374 g/mol. The number of aliphatic hydroxyl groups is 1. The molecule has 0 aliphatic heterocycles. The van der Waals surface area contributed by atoms with Crippen molar-refractivity contribution in [1.29, 1.82) is 0 Å². The van der Waals surface area contributed by atoms with E-state index in [0.29, 0.717) is 26.6 Å². The first-order valence-corrected chi connectivity index (χ1v) is 8.38. The van der Waals surface area contributed by atoms with Crippen LogP contribution in [0, 0.1) is 0 Å². The molecule has 2 aromatic carbocycles. The lowest BCUT2D eigenvalue weighted by atomic mass is 10.1. The van der Waals surface area contributed by atoms with Gasteiger partial charge >= 0.3 is 0 Å². The number of aromatic nitrogens is 3. The number of nitrogens with zero attached hydrogens (tertiary/aromatic N) is 3. The molecule has 5 nitrogen and oxygen atoms in total. The van der Waals surface area contributed by atoms with Crippen LogP contribution in [0.1, 0.15) is 11.7 Å². The van der Waals surface area contributed by atoms with Crippen molar-refractivity contribution in [2.45, 2.75) is 12.6 Å². The normalized spacial score (nSPS) is 12.8. The van der Waals surface area contributed by atoms with Gasteiger partial charge in [-0.05, 0) is 30.3 Å². The van der Waals surface area contributed by atoms with Gasteiger partial charge in [-0.2, -0.15) is 0 Å². The maximum Gasteiger partial charge on any atom is 0.261 e. The highest BCUT2D eigenvalue weighted by Gasteiger charge is 2.17. The van der Waals surface area contributed by atoms with Gasteiger partial charge in [-0.15, -0.1) is 0 Å². The van der Waals surface area contributed by atoms with Gasteiger partial charge in [-0.3, -0.25) is 13.8 Å². The van der Waals surface area contributed by atoms with Gasteiger partial charge in [0.15, 0.2) is 0 Å². The number of rotatable bonds is 3. The summed E-state index contributed by atoms with van der Waals surface area (Å²) in [7, 11) is 0. The summed E-state index contributed by atoms with van der Waals surface area (Å²) >= 11 is 12.2. The number of hydrogen-bond acceptors (Lipinski definition) is 3. The Bertz CT molecular complexity index is 1150. The first kappa shape index (κ1) is 16.1. The molecule has 2 aromatic heterocycles. The fourth-order valence-corrected chi connectivity index (χ4v) is 3.43. The van der Waals surface area contributed by atoms with Gasteiger partial charge in [0.25, 0.3) is 5.56 Å². The Morgan fingerprint density at radius 1 is 1.16 bits per heavy atom. The van der Waals surface area contributed by atoms with Gasteiger partial charge in [-0.25, -0.2) is 4.98 Å². The third-order valence-electron chi connectivity index (χ3n) is 4.21. The average Bonchev–Trinajstić information content (AvgIpc) is 3.10. The molecule has 25 heavy (non-hydrogen) atoms. The molecule has 0 aliphatic rings. The fraction of sp³-hybridized carbons (Fsp3) is 0.111. The molecule has 0 bridgehead atoms. The zero-order chi connectivity index (χ0) is 17.6. The molecule has 4 aromatic rings. The number of para-hydroxylation sites is 1. The van der Waals surface area contributed by atoms with Gasteiger partial charge in [-0.1, -0.05) is 35.3 Å². The molecule has 1 N–H and O–H groups in total. The molecule has 2 heterocycles. The lowest BCUT2D eigenvalue weighted by Gasteiger charge is -2.17. The molecule has 1 atom stereocenters. The number of benzene rings is 2. The van der Waals surface area contributed by atoms with Crippen LogP contribution in [0.4, 0.5) is 0 Å². The van der Waals surface area contributed by atoms with Crippen molar-refractivity contribution < 1.29 is 5.11 Å².